The third-order valence-corrected chi connectivity index (χ3v) is 3.98. The van der Waals surface area contributed by atoms with Crippen LogP contribution in [0.3, 0.4) is 0 Å². The Bertz CT molecular complexity index is 496. The summed E-state index contributed by atoms with van der Waals surface area (Å²) in [5.41, 5.74) is 0.937. The van der Waals surface area contributed by atoms with Gasteiger partial charge >= 0.3 is 0 Å². The van der Waals surface area contributed by atoms with Crippen molar-refractivity contribution in [2.75, 3.05) is 6.54 Å². The summed E-state index contributed by atoms with van der Waals surface area (Å²) in [5.74, 6) is -0.193. The third-order valence-electron chi connectivity index (χ3n) is 2.36. The van der Waals surface area contributed by atoms with Crippen LogP contribution in [0.2, 0.25) is 0 Å². The fourth-order valence-corrected chi connectivity index (χ4v) is 2.75. The highest BCUT2D eigenvalue weighted by molar-refractivity contribution is 14.1. The molecule has 0 N–H and O–H groups in total. The number of carbonyl (C=O) groups is 2. The van der Waals surface area contributed by atoms with Crippen LogP contribution in [-0.4, -0.2) is 22.6 Å². The van der Waals surface area contributed by atoms with Crippen molar-refractivity contribution in [1.29, 1.82) is 0 Å². The highest BCUT2D eigenvalue weighted by atomic mass is 127. The van der Waals surface area contributed by atoms with Gasteiger partial charge in [-0.2, -0.15) is 0 Å². The standard InChI is InChI=1S/C12H10INO2S/c1-2-14-11(15)10(17-12(14)16)7-8-3-5-9(13)6-4-8/h3-7H,2H2,1H3. The van der Waals surface area contributed by atoms with Gasteiger partial charge in [-0.25, -0.2) is 0 Å². The van der Waals surface area contributed by atoms with Crippen molar-refractivity contribution in [3.8, 4) is 0 Å². The van der Waals surface area contributed by atoms with Gasteiger partial charge in [-0.05, 0) is 65.0 Å². The van der Waals surface area contributed by atoms with E-state index in [-0.39, 0.29) is 11.1 Å². The van der Waals surface area contributed by atoms with Crippen LogP contribution in [0.15, 0.2) is 29.2 Å². The van der Waals surface area contributed by atoms with Crippen molar-refractivity contribution in [3.05, 3.63) is 38.3 Å². The van der Waals surface area contributed by atoms with E-state index in [1.807, 2.05) is 24.3 Å². The van der Waals surface area contributed by atoms with Gasteiger partial charge in [-0.15, -0.1) is 0 Å². The second-order valence-corrected chi connectivity index (χ2v) is 5.72. The van der Waals surface area contributed by atoms with Crippen LogP contribution in [0.5, 0.6) is 0 Å². The van der Waals surface area contributed by atoms with E-state index in [0.717, 1.165) is 20.9 Å². The van der Waals surface area contributed by atoms with Crippen molar-refractivity contribution < 1.29 is 9.59 Å². The molecule has 1 saturated heterocycles. The Morgan fingerprint density at radius 1 is 1.29 bits per heavy atom. The average molecular weight is 359 g/mol. The van der Waals surface area contributed by atoms with Crippen LogP contribution in [-0.2, 0) is 4.79 Å². The number of hydrogen-bond acceptors (Lipinski definition) is 3. The second kappa shape index (κ2) is 5.22. The van der Waals surface area contributed by atoms with Crippen LogP contribution in [0.1, 0.15) is 12.5 Å². The van der Waals surface area contributed by atoms with E-state index in [1.165, 1.54) is 4.90 Å². The summed E-state index contributed by atoms with van der Waals surface area (Å²) in [4.78, 5) is 25.1. The highest BCUT2D eigenvalue weighted by Gasteiger charge is 2.33. The molecular weight excluding hydrogens is 349 g/mol. The fraction of sp³-hybridized carbons (Fsp3) is 0.167. The molecular formula is C12H10INO2S. The summed E-state index contributed by atoms with van der Waals surface area (Å²) in [7, 11) is 0. The first-order chi connectivity index (χ1) is 8.11. The lowest BCUT2D eigenvalue weighted by molar-refractivity contribution is -0.122. The summed E-state index contributed by atoms with van der Waals surface area (Å²) in [6.07, 6.45) is 1.76. The zero-order valence-corrected chi connectivity index (χ0v) is 12.1. The molecule has 1 fully saturated rings. The minimum absolute atomic E-state index is 0.186. The first-order valence-electron chi connectivity index (χ1n) is 5.12. The van der Waals surface area contributed by atoms with E-state index in [4.69, 9.17) is 0 Å². The smallest absolute Gasteiger partial charge is 0.269 e. The molecule has 0 bridgehead atoms. The Hall–Kier alpha value is -0.820. The van der Waals surface area contributed by atoms with Crippen molar-refractivity contribution >= 4 is 51.6 Å². The Morgan fingerprint density at radius 2 is 1.94 bits per heavy atom. The number of benzene rings is 1. The van der Waals surface area contributed by atoms with Gasteiger partial charge in [0.25, 0.3) is 11.1 Å². The molecule has 88 valence electrons. The first-order valence-corrected chi connectivity index (χ1v) is 7.02. The van der Waals surface area contributed by atoms with Gasteiger partial charge in [0.2, 0.25) is 0 Å². The number of carbonyl (C=O) groups excluding carboxylic acids is 2. The Balaban J connectivity index is 2.27. The molecule has 2 rings (SSSR count). The summed E-state index contributed by atoms with van der Waals surface area (Å²) < 4.78 is 1.14. The van der Waals surface area contributed by atoms with Crippen LogP contribution in [0, 0.1) is 3.57 Å². The van der Waals surface area contributed by atoms with Gasteiger partial charge in [0.05, 0.1) is 4.91 Å². The number of hydrogen-bond donors (Lipinski definition) is 0. The van der Waals surface area contributed by atoms with Gasteiger partial charge < -0.3 is 0 Å². The van der Waals surface area contributed by atoms with Crippen molar-refractivity contribution in [2.45, 2.75) is 6.92 Å². The van der Waals surface area contributed by atoms with Gasteiger partial charge in [0.1, 0.15) is 0 Å². The average Bonchev–Trinajstić information content (AvgIpc) is 2.57. The van der Waals surface area contributed by atoms with E-state index in [2.05, 4.69) is 22.6 Å². The second-order valence-electron chi connectivity index (χ2n) is 3.48. The largest absolute Gasteiger partial charge is 0.293 e. The molecule has 0 aliphatic carbocycles. The molecule has 0 spiro atoms. The van der Waals surface area contributed by atoms with Crippen LogP contribution in [0.25, 0.3) is 6.08 Å². The van der Waals surface area contributed by atoms with Crippen LogP contribution >= 0.6 is 34.4 Å². The fourth-order valence-electron chi connectivity index (χ4n) is 1.48. The monoisotopic (exact) mass is 359 g/mol. The quantitative estimate of drug-likeness (QED) is 0.600. The first kappa shape index (κ1) is 12.6. The molecule has 0 atom stereocenters. The van der Waals surface area contributed by atoms with E-state index in [0.29, 0.717) is 11.4 Å². The topological polar surface area (TPSA) is 37.4 Å². The predicted octanol–water partition coefficient (Wildman–Crippen LogP) is 3.35. The zero-order valence-electron chi connectivity index (χ0n) is 9.14. The van der Waals surface area contributed by atoms with E-state index in [9.17, 15) is 9.59 Å². The number of nitrogens with zero attached hydrogens (tertiary/aromatic N) is 1. The molecule has 0 aromatic heterocycles. The third kappa shape index (κ3) is 2.71. The summed E-state index contributed by atoms with van der Waals surface area (Å²) in [6.45, 7) is 2.22. The molecule has 1 aliphatic rings. The maximum absolute atomic E-state index is 11.8. The molecule has 1 aliphatic heterocycles. The Kier molecular flexibility index (Phi) is 3.88. The van der Waals surface area contributed by atoms with Crippen molar-refractivity contribution in [3.63, 3.8) is 0 Å². The summed E-state index contributed by atoms with van der Waals surface area (Å²) in [6, 6.07) is 7.80. The molecule has 3 nitrogen and oxygen atoms in total. The molecule has 17 heavy (non-hydrogen) atoms. The normalized spacial score (nSPS) is 18.2. The number of rotatable bonds is 2. The lowest BCUT2D eigenvalue weighted by Gasteiger charge is -2.06. The Labute approximate surface area is 117 Å². The number of thioether (sulfide) groups is 1. The Morgan fingerprint density at radius 3 is 2.47 bits per heavy atom. The number of likely N-dealkylation sites (N-methyl/N-ethyl adjacent to an activating group) is 1. The molecule has 0 radical (unpaired) electrons. The zero-order chi connectivity index (χ0) is 12.4. The van der Waals surface area contributed by atoms with Gasteiger partial charge in [0, 0.05) is 10.1 Å². The maximum atomic E-state index is 11.8. The molecule has 0 saturated carbocycles. The molecule has 1 aromatic carbocycles. The van der Waals surface area contributed by atoms with Gasteiger partial charge in [-0.3, -0.25) is 14.5 Å². The molecule has 1 aromatic rings. The van der Waals surface area contributed by atoms with Gasteiger partial charge in [-0.1, -0.05) is 12.1 Å². The predicted molar refractivity (Wildman–Crippen MR) is 77.5 cm³/mol. The SMILES string of the molecule is CCN1C(=O)SC(=Cc2ccc(I)cc2)C1=O. The lowest BCUT2D eigenvalue weighted by Crippen LogP contribution is -2.27. The van der Waals surface area contributed by atoms with Crippen LogP contribution < -0.4 is 0 Å². The minimum atomic E-state index is -0.193. The number of imide groups is 1. The van der Waals surface area contributed by atoms with Crippen LogP contribution in [0.4, 0.5) is 4.79 Å². The summed E-state index contributed by atoms with van der Waals surface area (Å²) >= 11 is 3.22. The van der Waals surface area contributed by atoms with E-state index in [1.54, 1.807) is 13.0 Å². The number of amides is 2. The lowest BCUT2D eigenvalue weighted by atomic mass is 10.2. The van der Waals surface area contributed by atoms with Crippen molar-refractivity contribution in [1.82, 2.24) is 4.90 Å². The number of halogens is 1. The van der Waals surface area contributed by atoms with E-state index < -0.39 is 0 Å². The van der Waals surface area contributed by atoms with Crippen molar-refractivity contribution in [2.24, 2.45) is 0 Å². The highest BCUT2D eigenvalue weighted by Crippen LogP contribution is 2.31. The molecule has 2 amide bonds. The maximum Gasteiger partial charge on any atom is 0.293 e. The molecule has 0 unspecified atom stereocenters. The molecule has 1 heterocycles. The van der Waals surface area contributed by atoms with E-state index >= 15 is 0 Å². The van der Waals surface area contributed by atoms with Gasteiger partial charge in [0.15, 0.2) is 0 Å². The minimum Gasteiger partial charge on any atom is -0.269 e. The summed E-state index contributed by atoms with van der Waals surface area (Å²) in [5, 5.41) is -0.186. The molecule has 5 heteroatoms.